The summed E-state index contributed by atoms with van der Waals surface area (Å²) in [5.41, 5.74) is 7.98. The van der Waals surface area contributed by atoms with E-state index in [0.29, 0.717) is 44.6 Å². The van der Waals surface area contributed by atoms with Crippen LogP contribution in [0.1, 0.15) is 17.0 Å². The molecule has 0 aliphatic rings. The van der Waals surface area contributed by atoms with Gasteiger partial charge in [-0.15, -0.1) is 0 Å². The topological polar surface area (TPSA) is 117 Å². The van der Waals surface area contributed by atoms with Crippen molar-refractivity contribution < 1.29 is 18.0 Å². The number of likely N-dealkylation sites (N-methyl/N-ethyl adjacent to an activating group) is 1. The van der Waals surface area contributed by atoms with Crippen LogP contribution in [0.5, 0.6) is 0 Å². The lowest BCUT2D eigenvalue weighted by Gasteiger charge is -2.12. The molecule has 0 aliphatic heterocycles. The summed E-state index contributed by atoms with van der Waals surface area (Å²) in [7, 11) is 4.91. The second-order valence-electron chi connectivity index (χ2n) is 9.52. The number of rotatable bonds is 4. The van der Waals surface area contributed by atoms with Crippen molar-refractivity contribution in [2.24, 2.45) is 7.05 Å². The molecule has 1 aromatic carbocycles. The SMILES string of the molecule is Cc1nn(CC(=O)N(C)C)c(C)c1-n1c(=O)n(C)c2cnc3ccc(-c4cnc(N)c(C(F)(F)F)c4)cc3c21. The first kappa shape index (κ1) is 25.9. The number of hydrogen-bond acceptors (Lipinski definition) is 6. The lowest BCUT2D eigenvalue weighted by Crippen LogP contribution is -2.27. The van der Waals surface area contributed by atoms with Gasteiger partial charge < -0.3 is 10.6 Å². The van der Waals surface area contributed by atoms with Crippen molar-refractivity contribution in [2.45, 2.75) is 26.6 Å². The van der Waals surface area contributed by atoms with E-state index in [1.165, 1.54) is 20.2 Å². The number of amides is 1. The van der Waals surface area contributed by atoms with Crippen molar-refractivity contribution in [1.82, 2.24) is 33.8 Å². The number of anilines is 1. The maximum absolute atomic E-state index is 13.6. The first-order valence-corrected chi connectivity index (χ1v) is 11.9. The zero-order valence-electron chi connectivity index (χ0n) is 21.8. The molecule has 0 saturated heterocycles. The zero-order valence-corrected chi connectivity index (χ0v) is 21.8. The van der Waals surface area contributed by atoms with Gasteiger partial charge in [0, 0.05) is 38.3 Å². The van der Waals surface area contributed by atoms with Crippen LogP contribution >= 0.6 is 0 Å². The molecule has 0 spiro atoms. The third kappa shape index (κ3) is 4.19. The van der Waals surface area contributed by atoms with Crippen LogP contribution < -0.4 is 11.4 Å². The van der Waals surface area contributed by atoms with Gasteiger partial charge in [0.05, 0.1) is 45.4 Å². The predicted molar refractivity (Wildman–Crippen MR) is 140 cm³/mol. The van der Waals surface area contributed by atoms with Gasteiger partial charge in [-0.25, -0.2) is 9.78 Å². The average molecular weight is 539 g/mol. The Morgan fingerprint density at radius 1 is 1.08 bits per heavy atom. The number of nitrogens with two attached hydrogens (primary N) is 1. The number of aromatic nitrogens is 6. The van der Waals surface area contributed by atoms with E-state index < -0.39 is 17.6 Å². The van der Waals surface area contributed by atoms with Gasteiger partial charge in [0.15, 0.2) is 0 Å². The second kappa shape index (κ2) is 8.96. The molecular formula is C26H25F3N8O2. The molecule has 0 atom stereocenters. The Balaban J connectivity index is 1.78. The van der Waals surface area contributed by atoms with Crippen molar-refractivity contribution in [3.8, 4) is 16.8 Å². The summed E-state index contributed by atoms with van der Waals surface area (Å²) in [6.45, 7) is 3.52. The lowest BCUT2D eigenvalue weighted by atomic mass is 10.0. The fraction of sp³-hybridized carbons (Fsp3) is 0.269. The summed E-state index contributed by atoms with van der Waals surface area (Å²) < 4.78 is 45.0. The molecule has 10 nitrogen and oxygen atoms in total. The molecule has 202 valence electrons. The minimum atomic E-state index is -4.66. The number of hydrogen-bond donors (Lipinski definition) is 1. The van der Waals surface area contributed by atoms with Crippen LogP contribution in [0.25, 0.3) is 38.8 Å². The number of aryl methyl sites for hydroxylation is 2. The summed E-state index contributed by atoms with van der Waals surface area (Å²) in [6, 6.07) is 5.95. The highest BCUT2D eigenvalue weighted by Gasteiger charge is 2.34. The molecule has 13 heteroatoms. The van der Waals surface area contributed by atoms with Crippen molar-refractivity contribution in [1.29, 1.82) is 0 Å². The monoisotopic (exact) mass is 538 g/mol. The van der Waals surface area contributed by atoms with Gasteiger partial charge in [-0.2, -0.15) is 18.3 Å². The molecule has 5 rings (SSSR count). The smallest absolute Gasteiger partial charge is 0.383 e. The normalized spacial score (nSPS) is 12.0. The van der Waals surface area contributed by atoms with Gasteiger partial charge in [0.2, 0.25) is 5.91 Å². The summed E-state index contributed by atoms with van der Waals surface area (Å²) in [5, 5.41) is 5.06. The van der Waals surface area contributed by atoms with E-state index in [0.717, 1.165) is 6.07 Å². The number of pyridine rings is 2. The van der Waals surface area contributed by atoms with Gasteiger partial charge in [0.1, 0.15) is 12.4 Å². The third-order valence-electron chi connectivity index (χ3n) is 6.79. The Kier molecular flexibility index (Phi) is 5.96. The van der Waals surface area contributed by atoms with Gasteiger partial charge in [-0.3, -0.25) is 23.6 Å². The summed E-state index contributed by atoms with van der Waals surface area (Å²) in [5.74, 6) is -0.768. The molecular weight excluding hydrogens is 513 g/mol. The molecule has 4 heterocycles. The number of carbonyl (C=O) groups is 1. The number of halogens is 3. The zero-order chi connectivity index (χ0) is 28.4. The van der Waals surface area contributed by atoms with Gasteiger partial charge in [0.25, 0.3) is 0 Å². The molecule has 0 saturated carbocycles. The molecule has 0 unspecified atom stereocenters. The molecule has 39 heavy (non-hydrogen) atoms. The summed E-state index contributed by atoms with van der Waals surface area (Å²) in [4.78, 5) is 35.6. The van der Waals surface area contributed by atoms with Crippen LogP contribution in [0.4, 0.5) is 19.0 Å². The molecule has 1 amide bonds. The number of imidazole rings is 1. The first-order chi connectivity index (χ1) is 18.3. The maximum Gasteiger partial charge on any atom is 0.419 e. The first-order valence-electron chi connectivity index (χ1n) is 11.9. The van der Waals surface area contributed by atoms with Crippen LogP contribution in [0.2, 0.25) is 0 Å². The largest absolute Gasteiger partial charge is 0.419 e. The Hall–Kier alpha value is -4.68. The molecule has 0 aliphatic carbocycles. The van der Waals surface area contributed by atoms with Crippen LogP contribution in [0, 0.1) is 13.8 Å². The number of fused-ring (bicyclic) bond motifs is 3. The molecule has 5 aromatic rings. The Morgan fingerprint density at radius 2 is 1.79 bits per heavy atom. The van der Waals surface area contributed by atoms with Crippen LogP contribution in [-0.4, -0.2) is 53.8 Å². The van der Waals surface area contributed by atoms with Crippen molar-refractivity contribution in [3.63, 3.8) is 0 Å². The van der Waals surface area contributed by atoms with Gasteiger partial charge >= 0.3 is 11.9 Å². The van der Waals surface area contributed by atoms with Crippen LogP contribution in [0.15, 0.2) is 41.5 Å². The minimum Gasteiger partial charge on any atom is -0.383 e. The van der Waals surface area contributed by atoms with E-state index in [1.807, 2.05) is 0 Å². The fourth-order valence-corrected chi connectivity index (χ4v) is 4.68. The number of carbonyl (C=O) groups excluding carboxylic acids is 1. The Labute approximate surface area is 220 Å². The van der Waals surface area contributed by atoms with E-state index in [9.17, 15) is 22.8 Å². The lowest BCUT2D eigenvalue weighted by molar-refractivity contribution is -0.137. The molecule has 0 bridgehead atoms. The number of alkyl halides is 3. The Bertz CT molecular complexity index is 1850. The van der Waals surface area contributed by atoms with E-state index in [-0.39, 0.29) is 23.7 Å². The van der Waals surface area contributed by atoms with E-state index in [4.69, 9.17) is 5.73 Å². The van der Waals surface area contributed by atoms with E-state index in [1.54, 1.807) is 64.1 Å². The van der Waals surface area contributed by atoms with Gasteiger partial charge in [-0.1, -0.05) is 6.07 Å². The van der Waals surface area contributed by atoms with E-state index in [2.05, 4.69) is 15.1 Å². The minimum absolute atomic E-state index is 0.00266. The van der Waals surface area contributed by atoms with Gasteiger partial charge in [-0.05, 0) is 37.6 Å². The van der Waals surface area contributed by atoms with Crippen LogP contribution in [0.3, 0.4) is 0 Å². The van der Waals surface area contributed by atoms with Crippen molar-refractivity contribution >= 4 is 33.7 Å². The van der Waals surface area contributed by atoms with Crippen LogP contribution in [-0.2, 0) is 24.6 Å². The van der Waals surface area contributed by atoms with E-state index >= 15 is 0 Å². The predicted octanol–water partition coefficient (Wildman–Crippen LogP) is 3.44. The molecule has 0 radical (unpaired) electrons. The molecule has 4 aromatic heterocycles. The number of nitrogens with zero attached hydrogens (tertiary/aromatic N) is 7. The number of nitrogen functional groups attached to an aromatic ring is 1. The van der Waals surface area contributed by atoms with Crippen molar-refractivity contribution in [2.75, 3.05) is 19.8 Å². The highest BCUT2D eigenvalue weighted by Crippen LogP contribution is 2.36. The summed E-state index contributed by atoms with van der Waals surface area (Å²) in [6.07, 6.45) is -1.81. The maximum atomic E-state index is 13.6. The quantitative estimate of drug-likeness (QED) is 0.375. The molecule has 0 fully saturated rings. The van der Waals surface area contributed by atoms with Crippen molar-refractivity contribution in [3.05, 3.63) is 64.1 Å². The summed E-state index contributed by atoms with van der Waals surface area (Å²) >= 11 is 0. The second-order valence-corrected chi connectivity index (χ2v) is 9.52. The third-order valence-corrected chi connectivity index (χ3v) is 6.79. The fourth-order valence-electron chi connectivity index (χ4n) is 4.68. The standard InChI is InChI=1S/C26H25F3N8O2/c1-13-22(14(2)36(33-13)12-21(38)34(3)4)37-23-17-8-15(16-9-18(26(27,28)29)24(30)32-10-16)6-7-19(17)31-11-20(23)35(5)25(37)39/h6-11H,12H2,1-5H3,(H2,30,32). The highest BCUT2D eigenvalue weighted by molar-refractivity contribution is 6.04. The average Bonchev–Trinajstić information content (AvgIpc) is 3.29. The Morgan fingerprint density at radius 3 is 2.46 bits per heavy atom. The number of benzene rings is 1. The molecule has 2 N–H and O–H groups in total. The highest BCUT2D eigenvalue weighted by atomic mass is 19.4.